The largest absolute Gasteiger partial charge is 0.497 e. The van der Waals surface area contributed by atoms with Crippen LogP contribution in [0.15, 0.2) is 53.8 Å². The monoisotopic (exact) mass is 409 g/mol. The fourth-order valence-corrected chi connectivity index (χ4v) is 4.24. The van der Waals surface area contributed by atoms with Crippen LogP contribution in [0, 0.1) is 0 Å². The molecular weight excluding hydrogens is 386 g/mol. The molecule has 29 heavy (non-hydrogen) atoms. The molecule has 0 unspecified atom stereocenters. The molecule has 0 bridgehead atoms. The van der Waals surface area contributed by atoms with E-state index in [4.69, 9.17) is 4.74 Å². The fraction of sp³-hybridized carbons (Fsp3) is 0.333. The molecule has 3 aromatic rings. The number of benzene rings is 1. The van der Waals surface area contributed by atoms with Gasteiger partial charge in [0.05, 0.1) is 18.6 Å². The first-order valence-electron chi connectivity index (χ1n) is 9.68. The molecule has 0 saturated heterocycles. The molecule has 150 valence electrons. The molecule has 2 aromatic heterocycles. The number of nitrogens with zero attached hydrogens (tertiary/aromatic N) is 4. The van der Waals surface area contributed by atoms with Gasteiger partial charge < -0.3 is 10.1 Å². The molecule has 0 atom stereocenters. The lowest BCUT2D eigenvalue weighted by Crippen LogP contribution is -2.33. The zero-order chi connectivity index (χ0) is 20.1. The van der Waals surface area contributed by atoms with Crippen LogP contribution in [0.2, 0.25) is 0 Å². The summed E-state index contributed by atoms with van der Waals surface area (Å²) in [6.45, 7) is 0. The van der Waals surface area contributed by atoms with E-state index in [0.717, 1.165) is 24.3 Å². The number of rotatable bonds is 7. The van der Waals surface area contributed by atoms with Gasteiger partial charge in [-0.3, -0.25) is 14.3 Å². The van der Waals surface area contributed by atoms with Crippen molar-refractivity contribution in [1.82, 2.24) is 25.1 Å². The van der Waals surface area contributed by atoms with Crippen LogP contribution in [-0.2, 0) is 4.79 Å². The number of carbonyl (C=O) groups excluding carboxylic acids is 1. The molecule has 0 spiro atoms. The highest BCUT2D eigenvalue weighted by Gasteiger charge is 2.20. The van der Waals surface area contributed by atoms with Crippen molar-refractivity contribution in [1.29, 1.82) is 0 Å². The average Bonchev–Trinajstić information content (AvgIpc) is 3.42. The lowest BCUT2D eigenvalue weighted by molar-refractivity contribution is -0.119. The summed E-state index contributed by atoms with van der Waals surface area (Å²) in [4.78, 5) is 16.8. The van der Waals surface area contributed by atoms with E-state index in [1.807, 2.05) is 47.0 Å². The van der Waals surface area contributed by atoms with Crippen LogP contribution in [0.4, 0.5) is 0 Å². The van der Waals surface area contributed by atoms with E-state index < -0.39 is 0 Å². The molecule has 4 rings (SSSR count). The van der Waals surface area contributed by atoms with Crippen LogP contribution in [0.25, 0.3) is 17.2 Å². The Labute approximate surface area is 173 Å². The van der Waals surface area contributed by atoms with E-state index in [9.17, 15) is 4.79 Å². The van der Waals surface area contributed by atoms with Crippen LogP contribution in [0.3, 0.4) is 0 Å². The minimum atomic E-state index is 0.0291. The van der Waals surface area contributed by atoms with Gasteiger partial charge in [-0.2, -0.15) is 0 Å². The minimum absolute atomic E-state index is 0.0291. The topological polar surface area (TPSA) is 81.9 Å². The first kappa shape index (κ1) is 19.4. The molecule has 8 heteroatoms. The van der Waals surface area contributed by atoms with E-state index in [1.165, 1.54) is 24.6 Å². The molecule has 1 fully saturated rings. The second kappa shape index (κ2) is 9.09. The molecule has 1 aliphatic rings. The van der Waals surface area contributed by atoms with Crippen LogP contribution < -0.4 is 10.1 Å². The van der Waals surface area contributed by atoms with Gasteiger partial charge >= 0.3 is 0 Å². The third-order valence-electron chi connectivity index (χ3n) is 4.89. The Morgan fingerprint density at radius 3 is 2.83 bits per heavy atom. The third-order valence-corrected chi connectivity index (χ3v) is 5.82. The Bertz CT molecular complexity index is 970. The molecule has 1 N–H and O–H groups in total. The van der Waals surface area contributed by atoms with Crippen molar-refractivity contribution < 1.29 is 9.53 Å². The quantitative estimate of drug-likeness (QED) is 0.602. The average molecular weight is 410 g/mol. The lowest BCUT2D eigenvalue weighted by atomic mass is 10.2. The normalized spacial score (nSPS) is 14.1. The molecule has 0 radical (unpaired) electrons. The maximum Gasteiger partial charge on any atom is 0.230 e. The van der Waals surface area contributed by atoms with Crippen molar-refractivity contribution in [2.75, 3.05) is 12.9 Å². The number of methoxy groups -OCH3 is 1. The summed E-state index contributed by atoms with van der Waals surface area (Å²) in [5, 5.41) is 12.5. The van der Waals surface area contributed by atoms with E-state index in [0.29, 0.717) is 28.5 Å². The molecule has 2 heterocycles. The molecule has 1 aliphatic carbocycles. The standard InChI is InChI=1S/C21H23N5O2S/c1-28-17-10-6-9-16(13-17)26-20(18-11-4-5-12-22-18)24-25-21(26)29-14-19(27)23-15-7-2-3-8-15/h4-6,9-13,15H,2-3,7-8,14H2,1H3,(H,23,27). The number of pyridine rings is 1. The van der Waals surface area contributed by atoms with Gasteiger partial charge in [-0.1, -0.05) is 36.7 Å². The number of hydrogen-bond donors (Lipinski definition) is 1. The Hall–Kier alpha value is -2.87. The van der Waals surface area contributed by atoms with E-state index >= 15 is 0 Å². The summed E-state index contributed by atoms with van der Waals surface area (Å²) in [7, 11) is 1.63. The summed E-state index contributed by atoms with van der Waals surface area (Å²) in [5.41, 5.74) is 1.57. The first-order chi connectivity index (χ1) is 14.2. The van der Waals surface area contributed by atoms with Gasteiger partial charge in [-0.25, -0.2) is 0 Å². The number of amides is 1. The number of carbonyl (C=O) groups is 1. The van der Waals surface area contributed by atoms with Crippen molar-refractivity contribution in [3.63, 3.8) is 0 Å². The van der Waals surface area contributed by atoms with Crippen LogP contribution in [0.1, 0.15) is 25.7 Å². The maximum absolute atomic E-state index is 12.4. The summed E-state index contributed by atoms with van der Waals surface area (Å²) in [6.07, 6.45) is 6.24. The van der Waals surface area contributed by atoms with Crippen molar-refractivity contribution in [2.45, 2.75) is 36.9 Å². The zero-order valence-corrected chi connectivity index (χ0v) is 17.1. The second-order valence-electron chi connectivity index (χ2n) is 6.90. The Morgan fingerprint density at radius 2 is 2.07 bits per heavy atom. The van der Waals surface area contributed by atoms with Gasteiger partial charge in [0, 0.05) is 18.3 Å². The number of aromatic nitrogens is 4. The number of nitrogens with one attached hydrogen (secondary N) is 1. The summed E-state index contributed by atoms with van der Waals surface area (Å²) < 4.78 is 7.29. The SMILES string of the molecule is COc1cccc(-n2c(SCC(=O)NC3CCCC3)nnc2-c2ccccn2)c1. The molecular formula is C21H23N5O2S. The third kappa shape index (κ3) is 4.59. The van der Waals surface area contributed by atoms with Crippen molar-refractivity contribution in [3.8, 4) is 23.0 Å². The maximum atomic E-state index is 12.4. The molecule has 1 aromatic carbocycles. The Balaban J connectivity index is 1.61. The van der Waals surface area contributed by atoms with Gasteiger partial charge in [0.2, 0.25) is 5.91 Å². The number of thioether (sulfide) groups is 1. The van der Waals surface area contributed by atoms with Crippen LogP contribution in [-0.4, -0.2) is 44.6 Å². The van der Waals surface area contributed by atoms with Gasteiger partial charge in [0.1, 0.15) is 11.4 Å². The van der Waals surface area contributed by atoms with Crippen molar-refractivity contribution >= 4 is 17.7 Å². The molecule has 0 aliphatic heterocycles. The van der Waals surface area contributed by atoms with Crippen LogP contribution in [0.5, 0.6) is 5.75 Å². The number of ether oxygens (including phenoxy) is 1. The van der Waals surface area contributed by atoms with Crippen molar-refractivity contribution in [3.05, 3.63) is 48.7 Å². The highest BCUT2D eigenvalue weighted by molar-refractivity contribution is 7.99. The van der Waals surface area contributed by atoms with E-state index in [1.54, 1.807) is 13.3 Å². The predicted molar refractivity (Wildman–Crippen MR) is 112 cm³/mol. The predicted octanol–water partition coefficient (Wildman–Crippen LogP) is 3.49. The van der Waals surface area contributed by atoms with Gasteiger partial charge in [0.25, 0.3) is 0 Å². The highest BCUT2D eigenvalue weighted by Crippen LogP contribution is 2.28. The van der Waals surface area contributed by atoms with E-state index in [2.05, 4.69) is 20.5 Å². The fourth-order valence-electron chi connectivity index (χ4n) is 3.48. The van der Waals surface area contributed by atoms with Gasteiger partial charge in [-0.05, 0) is 37.1 Å². The smallest absolute Gasteiger partial charge is 0.230 e. The highest BCUT2D eigenvalue weighted by atomic mass is 32.2. The van der Waals surface area contributed by atoms with Gasteiger partial charge in [0.15, 0.2) is 11.0 Å². The molecule has 1 saturated carbocycles. The van der Waals surface area contributed by atoms with Gasteiger partial charge in [-0.15, -0.1) is 10.2 Å². The molecule has 7 nitrogen and oxygen atoms in total. The van der Waals surface area contributed by atoms with Crippen molar-refractivity contribution in [2.24, 2.45) is 0 Å². The Morgan fingerprint density at radius 1 is 1.21 bits per heavy atom. The lowest BCUT2D eigenvalue weighted by Gasteiger charge is -2.13. The summed E-state index contributed by atoms with van der Waals surface area (Å²) in [5.74, 6) is 1.68. The second-order valence-corrected chi connectivity index (χ2v) is 7.84. The van der Waals surface area contributed by atoms with E-state index in [-0.39, 0.29) is 5.91 Å². The number of hydrogen-bond acceptors (Lipinski definition) is 6. The minimum Gasteiger partial charge on any atom is -0.497 e. The zero-order valence-electron chi connectivity index (χ0n) is 16.2. The summed E-state index contributed by atoms with van der Waals surface area (Å²) in [6, 6.07) is 13.6. The summed E-state index contributed by atoms with van der Waals surface area (Å²) >= 11 is 1.37. The molecule has 1 amide bonds. The van der Waals surface area contributed by atoms with Crippen LogP contribution >= 0.6 is 11.8 Å². The Kier molecular flexibility index (Phi) is 6.09. The first-order valence-corrected chi connectivity index (χ1v) is 10.7.